The van der Waals surface area contributed by atoms with Crippen LogP contribution in [0.3, 0.4) is 0 Å². The topological polar surface area (TPSA) is 70.1 Å². The first-order valence-corrected chi connectivity index (χ1v) is 2.81. The van der Waals surface area contributed by atoms with Gasteiger partial charge in [-0.15, -0.1) is 5.06 Å². The van der Waals surface area contributed by atoms with Crippen molar-refractivity contribution in [2.24, 2.45) is 0 Å². The van der Waals surface area contributed by atoms with E-state index in [1.807, 2.05) is 0 Å². The summed E-state index contributed by atoms with van der Waals surface area (Å²) in [5.41, 5.74) is 0. The van der Waals surface area contributed by atoms with Crippen LogP contribution in [0, 0.1) is 0 Å². The third-order valence-corrected chi connectivity index (χ3v) is 0.850. The molecule has 6 heteroatoms. The monoisotopic (exact) mass is 162 g/mol. The van der Waals surface area contributed by atoms with Gasteiger partial charge in [-0.2, -0.15) is 0 Å². The Labute approximate surface area is 63.9 Å². The summed E-state index contributed by atoms with van der Waals surface area (Å²) in [7, 11) is 4.04. The summed E-state index contributed by atoms with van der Waals surface area (Å²) in [5, 5.41) is 8.68. The number of nitrogens with zero attached hydrogens (tertiary/aromatic N) is 2. The highest BCUT2D eigenvalue weighted by Gasteiger charge is 2.13. The molecule has 2 amide bonds. The smallest absolute Gasteiger partial charge is 0.440 e. The van der Waals surface area contributed by atoms with Crippen LogP contribution in [0.5, 0.6) is 0 Å². The van der Waals surface area contributed by atoms with Crippen LogP contribution in [0.25, 0.3) is 0 Å². The molecule has 0 radical (unpaired) electrons. The third kappa shape index (κ3) is 3.29. The van der Waals surface area contributed by atoms with E-state index in [9.17, 15) is 9.59 Å². The summed E-state index contributed by atoms with van der Waals surface area (Å²) < 4.78 is 0. The lowest BCUT2D eigenvalue weighted by atomic mass is 10.9. The van der Waals surface area contributed by atoms with Crippen molar-refractivity contribution in [1.82, 2.24) is 9.96 Å². The van der Waals surface area contributed by atoms with Crippen LogP contribution in [0.2, 0.25) is 0 Å². The predicted molar refractivity (Wildman–Crippen MR) is 36.0 cm³/mol. The molecule has 0 rings (SSSR count). The lowest BCUT2D eigenvalue weighted by Gasteiger charge is -2.15. The van der Waals surface area contributed by atoms with Crippen molar-refractivity contribution >= 4 is 12.2 Å². The second-order valence-electron chi connectivity index (χ2n) is 2.03. The highest BCUT2D eigenvalue weighted by Crippen LogP contribution is 1.90. The van der Waals surface area contributed by atoms with Gasteiger partial charge < -0.3 is 14.8 Å². The highest BCUT2D eigenvalue weighted by atomic mass is 16.7. The quantitative estimate of drug-likeness (QED) is 0.517. The number of rotatable bonds is 0. The number of hydroxylamine groups is 2. The van der Waals surface area contributed by atoms with E-state index < -0.39 is 12.2 Å². The van der Waals surface area contributed by atoms with Crippen LogP contribution < -0.4 is 0 Å². The first kappa shape index (κ1) is 9.54. The Bertz CT molecular complexity index is 168. The van der Waals surface area contributed by atoms with Gasteiger partial charge in [-0.05, 0) is 0 Å². The van der Waals surface area contributed by atoms with Crippen LogP contribution in [0.4, 0.5) is 9.59 Å². The molecule has 0 aromatic heterocycles. The SMILES string of the molecule is CN(C)C(=O)ON(C)C(=O)O. The maximum absolute atomic E-state index is 10.7. The predicted octanol–water partition coefficient (Wildman–Crippen LogP) is 0.209. The maximum atomic E-state index is 10.7. The molecular weight excluding hydrogens is 152 g/mol. The zero-order valence-corrected chi connectivity index (χ0v) is 6.57. The number of carbonyl (C=O) groups excluding carboxylic acids is 1. The molecular formula is C5H10N2O4. The van der Waals surface area contributed by atoms with Gasteiger partial charge in [0.2, 0.25) is 0 Å². The minimum atomic E-state index is -1.32. The van der Waals surface area contributed by atoms with Gasteiger partial charge in [0.05, 0.1) is 7.05 Å². The zero-order valence-electron chi connectivity index (χ0n) is 6.57. The van der Waals surface area contributed by atoms with Gasteiger partial charge in [-0.1, -0.05) is 0 Å². The van der Waals surface area contributed by atoms with E-state index in [0.717, 1.165) is 11.9 Å². The van der Waals surface area contributed by atoms with E-state index in [4.69, 9.17) is 5.11 Å². The molecule has 0 aliphatic carbocycles. The lowest BCUT2D eigenvalue weighted by Crippen LogP contribution is -2.33. The zero-order chi connectivity index (χ0) is 9.02. The fraction of sp³-hybridized carbons (Fsp3) is 0.600. The van der Waals surface area contributed by atoms with Gasteiger partial charge in [0.25, 0.3) is 0 Å². The van der Waals surface area contributed by atoms with Crippen molar-refractivity contribution in [2.45, 2.75) is 0 Å². The lowest BCUT2D eigenvalue weighted by molar-refractivity contribution is -0.0659. The Balaban J connectivity index is 3.85. The second-order valence-corrected chi connectivity index (χ2v) is 2.03. The third-order valence-electron chi connectivity index (χ3n) is 0.850. The first-order chi connectivity index (χ1) is 4.95. The fourth-order valence-electron chi connectivity index (χ4n) is 0.238. The molecule has 0 aromatic rings. The maximum Gasteiger partial charge on any atom is 0.440 e. The van der Waals surface area contributed by atoms with E-state index >= 15 is 0 Å². The fourth-order valence-corrected chi connectivity index (χ4v) is 0.238. The summed E-state index contributed by atoms with van der Waals surface area (Å²) in [6.45, 7) is 0. The van der Waals surface area contributed by atoms with Crippen LogP contribution >= 0.6 is 0 Å². The van der Waals surface area contributed by atoms with E-state index in [0.29, 0.717) is 5.06 Å². The molecule has 0 heterocycles. The van der Waals surface area contributed by atoms with Gasteiger partial charge in [0.1, 0.15) is 0 Å². The van der Waals surface area contributed by atoms with E-state index in [-0.39, 0.29) is 0 Å². The van der Waals surface area contributed by atoms with Crippen LogP contribution in [0.15, 0.2) is 0 Å². The van der Waals surface area contributed by atoms with Crippen LogP contribution in [-0.2, 0) is 4.84 Å². The highest BCUT2D eigenvalue weighted by molar-refractivity contribution is 5.70. The summed E-state index contributed by atoms with van der Waals surface area (Å²) in [6, 6.07) is 0. The molecule has 0 fully saturated rings. The molecule has 0 spiro atoms. The Kier molecular flexibility index (Phi) is 3.16. The molecule has 0 saturated carbocycles. The minimum Gasteiger partial charge on any atom is -0.463 e. The van der Waals surface area contributed by atoms with Gasteiger partial charge in [0.15, 0.2) is 0 Å². The molecule has 64 valence electrons. The number of carboxylic acid groups (broad SMARTS) is 1. The second kappa shape index (κ2) is 3.65. The molecule has 1 N–H and O–H groups in total. The number of carbonyl (C=O) groups is 2. The van der Waals surface area contributed by atoms with E-state index in [2.05, 4.69) is 4.84 Å². The minimum absolute atomic E-state index is 0.433. The molecule has 0 aliphatic rings. The van der Waals surface area contributed by atoms with Crippen molar-refractivity contribution in [3.63, 3.8) is 0 Å². The average molecular weight is 162 g/mol. The van der Waals surface area contributed by atoms with Gasteiger partial charge >= 0.3 is 12.2 Å². The summed E-state index contributed by atoms with van der Waals surface area (Å²) in [6.07, 6.45) is -2.05. The Morgan fingerprint density at radius 3 is 2.00 bits per heavy atom. The average Bonchev–Trinajstić information content (AvgIpc) is 1.87. The van der Waals surface area contributed by atoms with Crippen LogP contribution in [0.1, 0.15) is 0 Å². The Morgan fingerprint density at radius 1 is 1.27 bits per heavy atom. The van der Waals surface area contributed by atoms with Crippen molar-refractivity contribution in [2.75, 3.05) is 21.1 Å². The standard InChI is InChI=1S/C5H10N2O4/c1-6(2)5(10)11-7(3)4(8)9/h1-3H3,(H,8,9). The number of hydrogen-bond donors (Lipinski definition) is 1. The normalized spacial score (nSPS) is 8.64. The van der Waals surface area contributed by atoms with Crippen LogP contribution in [-0.4, -0.2) is 48.4 Å². The largest absolute Gasteiger partial charge is 0.463 e. The van der Waals surface area contributed by atoms with Gasteiger partial charge in [0, 0.05) is 14.1 Å². The first-order valence-electron chi connectivity index (χ1n) is 2.81. The Morgan fingerprint density at radius 2 is 1.73 bits per heavy atom. The molecule has 0 aromatic carbocycles. The molecule has 0 saturated heterocycles. The Hall–Kier alpha value is -1.46. The summed E-state index contributed by atoms with van der Waals surface area (Å²) in [5.74, 6) is 0. The molecule has 0 atom stereocenters. The molecule has 0 bridgehead atoms. The van der Waals surface area contributed by atoms with Crippen molar-refractivity contribution in [3.05, 3.63) is 0 Å². The number of amides is 2. The molecule has 11 heavy (non-hydrogen) atoms. The number of hydrogen-bond acceptors (Lipinski definition) is 3. The van der Waals surface area contributed by atoms with E-state index in [1.54, 1.807) is 0 Å². The summed E-state index contributed by atoms with van der Waals surface area (Å²) >= 11 is 0. The molecule has 6 nitrogen and oxygen atoms in total. The molecule has 0 aliphatic heterocycles. The molecule has 0 unspecified atom stereocenters. The van der Waals surface area contributed by atoms with Gasteiger partial charge in [-0.3, -0.25) is 0 Å². The van der Waals surface area contributed by atoms with Crippen molar-refractivity contribution in [1.29, 1.82) is 0 Å². The van der Waals surface area contributed by atoms with Crippen molar-refractivity contribution < 1.29 is 19.5 Å². The van der Waals surface area contributed by atoms with Crippen molar-refractivity contribution in [3.8, 4) is 0 Å². The summed E-state index contributed by atoms with van der Waals surface area (Å²) in [4.78, 5) is 26.2. The van der Waals surface area contributed by atoms with E-state index in [1.165, 1.54) is 14.1 Å². The van der Waals surface area contributed by atoms with Gasteiger partial charge in [-0.25, -0.2) is 9.59 Å².